The largest absolute Gasteiger partial charge is 0.378 e. The van der Waals surface area contributed by atoms with E-state index in [0.29, 0.717) is 28.7 Å². The SMILES string of the molecule is CN(C)c1ccc(/C=C2\SC(=Nc3ccccc3Cl)C(C#N)(C(=O)N3CCCC3)C2=O)cc1. The molecule has 1 unspecified atom stereocenters. The van der Waals surface area contributed by atoms with Gasteiger partial charge in [0, 0.05) is 32.9 Å². The second kappa shape index (κ2) is 9.42. The minimum atomic E-state index is -2.00. The number of carbonyl (C=O) groups excluding carboxylic acids is 2. The lowest BCUT2D eigenvalue weighted by atomic mass is 9.83. The maximum atomic E-state index is 13.6. The van der Waals surface area contributed by atoms with Crippen LogP contribution in [-0.2, 0) is 9.59 Å². The van der Waals surface area contributed by atoms with E-state index in [0.717, 1.165) is 35.9 Å². The first-order chi connectivity index (χ1) is 15.9. The molecule has 2 aliphatic heterocycles. The van der Waals surface area contributed by atoms with Crippen LogP contribution in [-0.4, -0.2) is 48.8 Å². The number of likely N-dealkylation sites (tertiary alicyclic amines) is 1. The van der Waals surface area contributed by atoms with E-state index in [1.165, 1.54) is 0 Å². The Bertz CT molecular complexity index is 1190. The van der Waals surface area contributed by atoms with Crippen molar-refractivity contribution >= 4 is 57.5 Å². The summed E-state index contributed by atoms with van der Waals surface area (Å²) >= 11 is 7.36. The molecule has 0 aliphatic carbocycles. The van der Waals surface area contributed by atoms with Gasteiger partial charge in [0.15, 0.2) is 0 Å². The van der Waals surface area contributed by atoms with Crippen LogP contribution in [0.4, 0.5) is 11.4 Å². The maximum Gasteiger partial charge on any atom is 0.257 e. The molecule has 6 nitrogen and oxygen atoms in total. The van der Waals surface area contributed by atoms with Gasteiger partial charge in [-0.1, -0.05) is 47.6 Å². The third kappa shape index (κ3) is 4.29. The van der Waals surface area contributed by atoms with Gasteiger partial charge >= 0.3 is 0 Å². The molecule has 1 amide bonds. The molecule has 33 heavy (non-hydrogen) atoms. The molecule has 8 heteroatoms. The number of thioether (sulfide) groups is 1. The third-order valence-corrected chi connectivity index (χ3v) is 7.19. The molecule has 4 rings (SSSR count). The molecule has 2 saturated heterocycles. The Hall–Kier alpha value is -3.08. The van der Waals surface area contributed by atoms with E-state index in [-0.39, 0.29) is 5.04 Å². The number of hydrogen-bond donors (Lipinski definition) is 0. The number of halogens is 1. The molecule has 1 atom stereocenters. The number of ketones is 1. The van der Waals surface area contributed by atoms with Crippen LogP contribution in [0.3, 0.4) is 0 Å². The smallest absolute Gasteiger partial charge is 0.257 e. The Kier molecular flexibility index (Phi) is 6.59. The van der Waals surface area contributed by atoms with Crippen molar-refractivity contribution in [1.82, 2.24) is 4.90 Å². The number of nitrogens with zero attached hydrogens (tertiary/aromatic N) is 4. The second-order valence-electron chi connectivity index (χ2n) is 8.16. The number of anilines is 1. The standard InChI is InChI=1S/C25H23ClN4O2S/c1-29(2)18-11-9-17(10-12-18)15-21-22(31)25(16-27,24(32)30-13-5-6-14-30)23(33-21)28-20-8-4-3-7-19(20)26/h3-4,7-12,15H,5-6,13-14H2,1-2H3/b21-15-,28-23?. The van der Waals surface area contributed by atoms with Gasteiger partial charge in [-0.05, 0) is 48.7 Å². The highest BCUT2D eigenvalue weighted by molar-refractivity contribution is 8.19. The number of aliphatic imine (C=N–C) groups is 1. The molecular weight excluding hydrogens is 456 g/mol. The summed E-state index contributed by atoms with van der Waals surface area (Å²) in [6.07, 6.45) is 3.42. The van der Waals surface area contributed by atoms with E-state index in [1.807, 2.05) is 43.3 Å². The summed E-state index contributed by atoms with van der Waals surface area (Å²) in [5, 5.41) is 10.8. The number of carbonyl (C=O) groups is 2. The summed E-state index contributed by atoms with van der Waals surface area (Å²) in [4.78, 5) is 35.6. The lowest BCUT2D eigenvalue weighted by Crippen LogP contribution is -2.48. The Morgan fingerprint density at radius 2 is 1.85 bits per heavy atom. The zero-order valence-corrected chi connectivity index (χ0v) is 20.0. The molecule has 2 aromatic rings. The van der Waals surface area contributed by atoms with Crippen LogP contribution in [0.5, 0.6) is 0 Å². The van der Waals surface area contributed by atoms with E-state index in [4.69, 9.17) is 11.6 Å². The summed E-state index contributed by atoms with van der Waals surface area (Å²) in [7, 11) is 3.90. The number of allylic oxidation sites excluding steroid dienone is 1. The van der Waals surface area contributed by atoms with Crippen molar-refractivity contribution in [3.05, 3.63) is 64.0 Å². The maximum absolute atomic E-state index is 13.6. The molecule has 2 aromatic carbocycles. The highest BCUT2D eigenvalue weighted by Gasteiger charge is 2.59. The van der Waals surface area contributed by atoms with Crippen LogP contribution >= 0.6 is 23.4 Å². The fourth-order valence-corrected chi connectivity index (χ4v) is 5.22. The number of hydrogen-bond acceptors (Lipinski definition) is 6. The summed E-state index contributed by atoms with van der Waals surface area (Å²) in [6, 6.07) is 16.7. The Morgan fingerprint density at radius 1 is 1.18 bits per heavy atom. The number of nitriles is 1. The van der Waals surface area contributed by atoms with Gasteiger partial charge in [0.2, 0.25) is 11.2 Å². The molecule has 2 heterocycles. The highest BCUT2D eigenvalue weighted by atomic mass is 35.5. The third-order valence-electron chi connectivity index (χ3n) is 5.76. The van der Waals surface area contributed by atoms with Crippen LogP contribution in [0.1, 0.15) is 18.4 Å². The van der Waals surface area contributed by atoms with Gasteiger partial charge in [-0.2, -0.15) is 5.26 Å². The van der Waals surface area contributed by atoms with Crippen LogP contribution < -0.4 is 4.90 Å². The fraction of sp³-hybridized carbons (Fsp3) is 0.280. The Morgan fingerprint density at radius 3 is 2.45 bits per heavy atom. The first-order valence-electron chi connectivity index (χ1n) is 10.6. The van der Waals surface area contributed by atoms with Crippen molar-refractivity contribution in [2.24, 2.45) is 10.4 Å². The molecule has 0 bridgehead atoms. The lowest BCUT2D eigenvalue weighted by molar-refractivity contribution is -0.139. The topological polar surface area (TPSA) is 76.8 Å². The van der Waals surface area contributed by atoms with Crippen LogP contribution in [0.2, 0.25) is 5.02 Å². The van der Waals surface area contributed by atoms with Crippen molar-refractivity contribution in [2.45, 2.75) is 12.8 Å². The summed E-state index contributed by atoms with van der Waals surface area (Å²) in [5.74, 6) is -1.04. The number of para-hydroxylation sites is 1. The average Bonchev–Trinajstić information content (AvgIpc) is 3.43. The molecule has 0 saturated carbocycles. The minimum Gasteiger partial charge on any atom is -0.378 e. The first-order valence-corrected chi connectivity index (χ1v) is 11.8. The van der Waals surface area contributed by atoms with Gasteiger partial charge in [-0.25, -0.2) is 4.99 Å². The molecule has 168 valence electrons. The molecular formula is C25H23ClN4O2S. The van der Waals surface area contributed by atoms with Gasteiger partial charge in [0.05, 0.1) is 21.7 Å². The summed E-state index contributed by atoms with van der Waals surface area (Å²) in [5.41, 5.74) is 0.249. The fourth-order valence-electron chi connectivity index (χ4n) is 3.87. The molecule has 0 N–H and O–H groups in total. The first kappa shape index (κ1) is 23.1. The predicted molar refractivity (Wildman–Crippen MR) is 134 cm³/mol. The van der Waals surface area contributed by atoms with E-state index in [2.05, 4.69) is 11.1 Å². The van der Waals surface area contributed by atoms with Crippen molar-refractivity contribution in [2.75, 3.05) is 32.1 Å². The monoisotopic (exact) mass is 478 g/mol. The van der Waals surface area contributed by atoms with Gasteiger partial charge < -0.3 is 9.80 Å². The molecule has 0 radical (unpaired) electrons. The number of amides is 1. The predicted octanol–water partition coefficient (Wildman–Crippen LogP) is 4.93. The minimum absolute atomic E-state index is 0.149. The van der Waals surface area contributed by atoms with Crippen LogP contribution in [0.15, 0.2) is 58.4 Å². The van der Waals surface area contributed by atoms with E-state index < -0.39 is 17.1 Å². The molecule has 2 fully saturated rings. The van der Waals surface area contributed by atoms with E-state index in [1.54, 1.807) is 35.2 Å². The van der Waals surface area contributed by atoms with Gasteiger partial charge in [0.1, 0.15) is 5.04 Å². The second-order valence-corrected chi connectivity index (χ2v) is 9.59. The Labute approximate surface area is 202 Å². The zero-order chi connectivity index (χ0) is 23.6. The summed E-state index contributed by atoms with van der Waals surface area (Å²) in [6.45, 7) is 1.06. The quantitative estimate of drug-likeness (QED) is 0.460. The lowest BCUT2D eigenvalue weighted by Gasteiger charge is -2.24. The highest BCUT2D eigenvalue weighted by Crippen LogP contribution is 2.47. The normalized spacial score (nSPS) is 22.7. The average molecular weight is 479 g/mol. The van der Waals surface area contributed by atoms with Crippen molar-refractivity contribution in [3.63, 3.8) is 0 Å². The van der Waals surface area contributed by atoms with E-state index in [9.17, 15) is 14.9 Å². The number of benzene rings is 2. The Balaban J connectivity index is 1.81. The summed E-state index contributed by atoms with van der Waals surface area (Å²) < 4.78 is 0. The van der Waals surface area contributed by atoms with Gasteiger partial charge in [-0.15, -0.1) is 0 Å². The molecule has 0 spiro atoms. The van der Waals surface area contributed by atoms with Crippen LogP contribution in [0.25, 0.3) is 6.08 Å². The van der Waals surface area contributed by atoms with Crippen LogP contribution in [0, 0.1) is 16.7 Å². The van der Waals surface area contributed by atoms with Crippen molar-refractivity contribution in [1.29, 1.82) is 5.26 Å². The van der Waals surface area contributed by atoms with E-state index >= 15 is 0 Å². The molecule has 0 aromatic heterocycles. The zero-order valence-electron chi connectivity index (χ0n) is 18.4. The van der Waals surface area contributed by atoms with Crippen molar-refractivity contribution in [3.8, 4) is 6.07 Å². The van der Waals surface area contributed by atoms with Gasteiger partial charge in [0.25, 0.3) is 5.91 Å². The number of Topliss-reactive ketones (excluding diaryl/α,β-unsaturated/α-hetero) is 1. The van der Waals surface area contributed by atoms with Crippen molar-refractivity contribution < 1.29 is 9.59 Å². The van der Waals surface area contributed by atoms with Gasteiger partial charge in [-0.3, -0.25) is 9.59 Å². The molecule has 2 aliphatic rings. The number of rotatable bonds is 4.